The first-order valence-corrected chi connectivity index (χ1v) is 9.20. The van der Waals surface area contributed by atoms with Gasteiger partial charge in [-0.1, -0.05) is 17.7 Å². The summed E-state index contributed by atoms with van der Waals surface area (Å²) in [6.45, 7) is 5.34. The molecule has 0 radical (unpaired) electrons. The number of carbonyl (C=O) groups is 1. The Morgan fingerprint density at radius 3 is 2.12 bits per heavy atom. The predicted molar refractivity (Wildman–Crippen MR) is 95.8 cm³/mol. The monoisotopic (exact) mass is 366 g/mol. The van der Waals surface area contributed by atoms with Crippen molar-refractivity contribution in [3.63, 3.8) is 0 Å². The van der Waals surface area contributed by atoms with Crippen LogP contribution in [-0.4, -0.2) is 20.4 Å². The molecule has 0 aliphatic rings. The Labute approximate surface area is 147 Å². The highest BCUT2D eigenvalue weighted by atomic mass is 35.5. The van der Waals surface area contributed by atoms with Crippen molar-refractivity contribution in [1.82, 2.24) is 4.72 Å². The Hall–Kier alpha value is -1.89. The van der Waals surface area contributed by atoms with E-state index in [1.165, 1.54) is 31.2 Å². The van der Waals surface area contributed by atoms with Crippen molar-refractivity contribution in [2.75, 3.05) is 5.32 Å². The Morgan fingerprint density at radius 2 is 1.58 bits per heavy atom. The molecule has 2 aromatic rings. The highest BCUT2D eigenvalue weighted by molar-refractivity contribution is 7.89. The molecule has 0 saturated heterocycles. The summed E-state index contributed by atoms with van der Waals surface area (Å²) in [5, 5.41) is 3.16. The molecule has 0 bridgehead atoms. The Balaban J connectivity index is 2.09. The van der Waals surface area contributed by atoms with Gasteiger partial charge in [0.05, 0.1) is 10.9 Å². The van der Waals surface area contributed by atoms with E-state index in [1.54, 1.807) is 0 Å². The van der Waals surface area contributed by atoms with Crippen molar-refractivity contribution in [3.05, 3.63) is 58.6 Å². The lowest BCUT2D eigenvalue weighted by Crippen LogP contribution is -2.41. The van der Waals surface area contributed by atoms with E-state index in [9.17, 15) is 13.2 Å². The minimum absolute atomic E-state index is 0.0537. The largest absolute Gasteiger partial charge is 0.325 e. The standard InChI is InChI=1S/C17H19ClN2O3S/c1-11-8-12(2)10-15(9-11)19-17(21)13(3)20-24(22,23)16-6-4-14(18)5-7-16/h4-10,13,20H,1-3H3,(H,19,21). The Kier molecular flexibility index (Phi) is 5.64. The molecule has 2 aromatic carbocycles. The maximum Gasteiger partial charge on any atom is 0.242 e. The zero-order valence-corrected chi connectivity index (χ0v) is 15.2. The summed E-state index contributed by atoms with van der Waals surface area (Å²) in [4.78, 5) is 12.3. The van der Waals surface area contributed by atoms with Gasteiger partial charge in [0.2, 0.25) is 15.9 Å². The van der Waals surface area contributed by atoms with Crippen LogP contribution < -0.4 is 10.0 Å². The van der Waals surface area contributed by atoms with Crippen LogP contribution in [0.3, 0.4) is 0 Å². The predicted octanol–water partition coefficient (Wildman–Crippen LogP) is 3.26. The van der Waals surface area contributed by atoms with Crippen LogP contribution in [0, 0.1) is 13.8 Å². The van der Waals surface area contributed by atoms with Gasteiger partial charge < -0.3 is 5.32 Å². The highest BCUT2D eigenvalue weighted by Gasteiger charge is 2.22. The van der Waals surface area contributed by atoms with Crippen LogP contribution >= 0.6 is 11.6 Å². The second kappa shape index (κ2) is 7.34. The van der Waals surface area contributed by atoms with Crippen molar-refractivity contribution in [2.45, 2.75) is 31.7 Å². The van der Waals surface area contributed by atoms with Gasteiger partial charge >= 0.3 is 0 Å². The van der Waals surface area contributed by atoms with E-state index >= 15 is 0 Å². The highest BCUT2D eigenvalue weighted by Crippen LogP contribution is 2.16. The summed E-state index contributed by atoms with van der Waals surface area (Å²) in [7, 11) is -3.80. The summed E-state index contributed by atoms with van der Waals surface area (Å²) < 4.78 is 26.9. The van der Waals surface area contributed by atoms with E-state index < -0.39 is 22.0 Å². The van der Waals surface area contributed by atoms with E-state index in [2.05, 4.69) is 10.0 Å². The fourth-order valence-corrected chi connectivity index (χ4v) is 3.59. The summed E-state index contributed by atoms with van der Waals surface area (Å²) in [5.41, 5.74) is 2.66. The zero-order chi connectivity index (χ0) is 17.9. The average Bonchev–Trinajstić information content (AvgIpc) is 2.46. The van der Waals surface area contributed by atoms with Crippen LogP contribution in [0.4, 0.5) is 5.69 Å². The van der Waals surface area contributed by atoms with E-state index in [4.69, 9.17) is 11.6 Å². The molecule has 2 N–H and O–H groups in total. The number of rotatable bonds is 5. The van der Waals surface area contributed by atoms with Crippen molar-refractivity contribution < 1.29 is 13.2 Å². The number of amides is 1. The van der Waals surface area contributed by atoms with Gasteiger partial charge in [0.15, 0.2) is 0 Å². The molecule has 0 aliphatic heterocycles. The van der Waals surface area contributed by atoms with E-state index in [0.29, 0.717) is 10.7 Å². The summed E-state index contributed by atoms with van der Waals surface area (Å²) in [6, 6.07) is 10.5. The number of benzene rings is 2. The molecular formula is C17H19ClN2O3S. The first-order chi connectivity index (χ1) is 11.2. The lowest BCUT2D eigenvalue weighted by atomic mass is 10.1. The van der Waals surface area contributed by atoms with E-state index in [0.717, 1.165) is 11.1 Å². The number of sulfonamides is 1. The van der Waals surface area contributed by atoms with Crippen molar-refractivity contribution in [2.24, 2.45) is 0 Å². The summed E-state index contributed by atoms with van der Waals surface area (Å²) in [6.07, 6.45) is 0. The Bertz CT molecular complexity index is 828. The number of anilines is 1. The average molecular weight is 367 g/mol. The third kappa shape index (κ3) is 4.80. The van der Waals surface area contributed by atoms with Gasteiger partial charge in [0.1, 0.15) is 0 Å². The molecule has 2 rings (SSSR count). The fourth-order valence-electron chi connectivity index (χ4n) is 2.27. The molecule has 0 heterocycles. The molecule has 1 unspecified atom stereocenters. The van der Waals surface area contributed by atoms with Crippen LogP contribution in [0.5, 0.6) is 0 Å². The van der Waals surface area contributed by atoms with Crippen LogP contribution in [0.2, 0.25) is 5.02 Å². The topological polar surface area (TPSA) is 75.3 Å². The zero-order valence-electron chi connectivity index (χ0n) is 13.6. The normalized spacial score (nSPS) is 12.7. The Morgan fingerprint density at radius 1 is 1.04 bits per heavy atom. The molecule has 7 heteroatoms. The third-order valence-electron chi connectivity index (χ3n) is 3.34. The minimum atomic E-state index is -3.80. The maximum atomic E-state index is 12.3. The lowest BCUT2D eigenvalue weighted by molar-refractivity contribution is -0.117. The molecule has 1 amide bonds. The quantitative estimate of drug-likeness (QED) is 0.852. The lowest BCUT2D eigenvalue weighted by Gasteiger charge is -2.15. The molecule has 0 aromatic heterocycles. The third-order valence-corrected chi connectivity index (χ3v) is 5.15. The van der Waals surface area contributed by atoms with Crippen molar-refractivity contribution in [3.8, 4) is 0 Å². The van der Waals surface area contributed by atoms with Gasteiger partial charge in [0.25, 0.3) is 0 Å². The van der Waals surface area contributed by atoms with E-state index in [-0.39, 0.29) is 4.90 Å². The van der Waals surface area contributed by atoms with Gasteiger partial charge in [-0.05, 0) is 68.3 Å². The van der Waals surface area contributed by atoms with Crippen LogP contribution in [0.15, 0.2) is 47.4 Å². The molecule has 0 fully saturated rings. The number of nitrogens with one attached hydrogen (secondary N) is 2. The van der Waals surface area contributed by atoms with Gasteiger partial charge in [-0.3, -0.25) is 4.79 Å². The molecule has 24 heavy (non-hydrogen) atoms. The first-order valence-electron chi connectivity index (χ1n) is 7.34. The number of hydrogen-bond acceptors (Lipinski definition) is 3. The van der Waals surface area contributed by atoms with E-state index in [1.807, 2.05) is 32.0 Å². The van der Waals surface area contributed by atoms with Crippen molar-refractivity contribution >= 4 is 33.2 Å². The van der Waals surface area contributed by atoms with Crippen LogP contribution in [0.1, 0.15) is 18.1 Å². The SMILES string of the molecule is Cc1cc(C)cc(NC(=O)C(C)NS(=O)(=O)c2ccc(Cl)cc2)c1. The van der Waals surface area contributed by atoms with Gasteiger partial charge in [-0.15, -0.1) is 0 Å². The van der Waals surface area contributed by atoms with Gasteiger partial charge in [-0.25, -0.2) is 8.42 Å². The smallest absolute Gasteiger partial charge is 0.242 e. The number of aryl methyl sites for hydroxylation is 2. The number of halogens is 1. The first kappa shape index (κ1) is 18.4. The fraction of sp³-hybridized carbons (Fsp3) is 0.235. The summed E-state index contributed by atoms with van der Waals surface area (Å²) in [5.74, 6) is -0.433. The molecular weight excluding hydrogens is 348 g/mol. The molecule has 5 nitrogen and oxygen atoms in total. The molecule has 128 valence electrons. The second-order valence-corrected chi connectivity index (χ2v) is 7.81. The minimum Gasteiger partial charge on any atom is -0.325 e. The van der Waals surface area contributed by atoms with Gasteiger partial charge in [-0.2, -0.15) is 4.72 Å². The maximum absolute atomic E-state index is 12.3. The summed E-state index contributed by atoms with van der Waals surface area (Å²) >= 11 is 5.75. The molecule has 1 atom stereocenters. The van der Waals surface area contributed by atoms with Gasteiger partial charge in [0, 0.05) is 10.7 Å². The van der Waals surface area contributed by atoms with Crippen LogP contribution in [-0.2, 0) is 14.8 Å². The number of carbonyl (C=O) groups excluding carboxylic acids is 1. The van der Waals surface area contributed by atoms with Crippen molar-refractivity contribution in [1.29, 1.82) is 0 Å². The molecule has 0 spiro atoms. The van der Waals surface area contributed by atoms with Crippen LogP contribution in [0.25, 0.3) is 0 Å². The second-order valence-electron chi connectivity index (χ2n) is 5.66. The molecule has 0 saturated carbocycles. The number of hydrogen-bond donors (Lipinski definition) is 2. The molecule has 0 aliphatic carbocycles.